The maximum atomic E-state index is 11.9. The molecule has 1 atom stereocenters. The van der Waals surface area contributed by atoms with Crippen LogP contribution >= 0.6 is 0 Å². The average molecular weight is 245 g/mol. The van der Waals surface area contributed by atoms with E-state index in [1.54, 1.807) is 0 Å². The largest absolute Gasteiger partial charge is 0.380 e. The lowest BCUT2D eigenvalue weighted by molar-refractivity contribution is 0.192. The van der Waals surface area contributed by atoms with E-state index < -0.39 is 10.0 Å². The van der Waals surface area contributed by atoms with Crippen LogP contribution in [-0.2, 0) is 21.2 Å². The summed E-state index contributed by atoms with van der Waals surface area (Å²) < 4.78 is 31.5. The summed E-state index contributed by atoms with van der Waals surface area (Å²) in [6.45, 7) is 2.96. The molecule has 0 saturated carbocycles. The van der Waals surface area contributed by atoms with Gasteiger partial charge in [0.2, 0.25) is 0 Å². The summed E-state index contributed by atoms with van der Waals surface area (Å²) in [6.07, 6.45) is 2.74. The Morgan fingerprint density at radius 2 is 2.50 bits per heavy atom. The van der Waals surface area contributed by atoms with Crippen molar-refractivity contribution < 1.29 is 13.2 Å². The van der Waals surface area contributed by atoms with Gasteiger partial charge in [-0.2, -0.15) is 0 Å². The van der Waals surface area contributed by atoms with Crippen molar-refractivity contribution in [1.82, 2.24) is 14.7 Å². The molecule has 1 unspecified atom stereocenters. The predicted molar refractivity (Wildman–Crippen MR) is 57.5 cm³/mol. The van der Waals surface area contributed by atoms with Crippen molar-refractivity contribution in [3.8, 4) is 0 Å². The molecule has 0 aliphatic carbocycles. The van der Waals surface area contributed by atoms with Crippen molar-refractivity contribution in [2.24, 2.45) is 0 Å². The van der Waals surface area contributed by atoms with Crippen LogP contribution in [0.2, 0.25) is 0 Å². The Kier molecular flexibility index (Phi) is 3.27. The minimum absolute atomic E-state index is 0.122. The van der Waals surface area contributed by atoms with Crippen molar-refractivity contribution in [1.29, 1.82) is 0 Å². The summed E-state index contributed by atoms with van der Waals surface area (Å²) in [6, 6.07) is -0.127. The highest BCUT2D eigenvalue weighted by atomic mass is 32.2. The van der Waals surface area contributed by atoms with Gasteiger partial charge in [0.15, 0.2) is 5.03 Å². The second-order valence-electron chi connectivity index (χ2n) is 3.73. The van der Waals surface area contributed by atoms with Crippen LogP contribution < -0.4 is 4.72 Å². The molecule has 1 aliphatic heterocycles. The number of imidazole rings is 1. The van der Waals surface area contributed by atoms with Crippen LogP contribution in [0.4, 0.5) is 0 Å². The summed E-state index contributed by atoms with van der Waals surface area (Å²) in [5.41, 5.74) is 0. The number of nitrogens with one attached hydrogen (secondary N) is 2. The van der Waals surface area contributed by atoms with Crippen molar-refractivity contribution in [2.45, 2.75) is 30.8 Å². The number of H-pyrrole nitrogens is 1. The Balaban J connectivity index is 2.11. The maximum absolute atomic E-state index is 11.9. The third-order valence-corrected chi connectivity index (χ3v) is 3.91. The maximum Gasteiger partial charge on any atom is 0.257 e. The van der Waals surface area contributed by atoms with Gasteiger partial charge in [-0.3, -0.25) is 0 Å². The minimum Gasteiger partial charge on any atom is -0.380 e. The van der Waals surface area contributed by atoms with Crippen LogP contribution in [0.3, 0.4) is 0 Å². The third kappa shape index (κ3) is 2.42. The Morgan fingerprint density at radius 1 is 1.69 bits per heavy atom. The fraction of sp³-hybridized carbons (Fsp3) is 0.667. The highest BCUT2D eigenvalue weighted by Crippen LogP contribution is 2.10. The van der Waals surface area contributed by atoms with Crippen LogP contribution in [0.5, 0.6) is 0 Å². The smallest absolute Gasteiger partial charge is 0.257 e. The Hall–Kier alpha value is -0.920. The average Bonchev–Trinajstić information content (AvgIpc) is 2.85. The lowest BCUT2D eigenvalue weighted by Crippen LogP contribution is -2.35. The summed E-state index contributed by atoms with van der Waals surface area (Å²) >= 11 is 0. The summed E-state index contributed by atoms with van der Waals surface area (Å²) in [5, 5.41) is 0.122. The Labute approximate surface area is 94.5 Å². The van der Waals surface area contributed by atoms with E-state index in [4.69, 9.17) is 4.74 Å². The topological polar surface area (TPSA) is 84.1 Å². The van der Waals surface area contributed by atoms with Crippen molar-refractivity contribution in [3.05, 3.63) is 12.0 Å². The van der Waals surface area contributed by atoms with Gasteiger partial charge in [-0.05, 0) is 6.42 Å². The van der Waals surface area contributed by atoms with Crippen LogP contribution in [-0.4, -0.2) is 37.6 Å². The lowest BCUT2D eigenvalue weighted by Gasteiger charge is -2.09. The quantitative estimate of drug-likeness (QED) is 0.784. The highest BCUT2D eigenvalue weighted by molar-refractivity contribution is 7.89. The van der Waals surface area contributed by atoms with Crippen LogP contribution in [0.15, 0.2) is 11.2 Å². The van der Waals surface area contributed by atoms with E-state index in [0.29, 0.717) is 31.9 Å². The highest BCUT2D eigenvalue weighted by Gasteiger charge is 2.24. The van der Waals surface area contributed by atoms with Crippen LogP contribution in [0.1, 0.15) is 19.2 Å². The Morgan fingerprint density at radius 3 is 3.06 bits per heavy atom. The van der Waals surface area contributed by atoms with E-state index in [1.165, 1.54) is 6.20 Å². The number of rotatable bonds is 4. The molecule has 90 valence electrons. The molecule has 16 heavy (non-hydrogen) atoms. The van der Waals surface area contributed by atoms with Crippen molar-refractivity contribution in [3.63, 3.8) is 0 Å². The summed E-state index contributed by atoms with van der Waals surface area (Å²) in [4.78, 5) is 6.74. The second-order valence-corrected chi connectivity index (χ2v) is 5.41. The van der Waals surface area contributed by atoms with E-state index >= 15 is 0 Å². The first-order chi connectivity index (χ1) is 7.62. The molecule has 1 aliphatic rings. The van der Waals surface area contributed by atoms with Crippen molar-refractivity contribution >= 4 is 10.0 Å². The van der Waals surface area contributed by atoms with Gasteiger partial charge in [0.1, 0.15) is 5.82 Å². The molecule has 2 N–H and O–H groups in total. The molecule has 2 heterocycles. The monoisotopic (exact) mass is 245 g/mol. The molecule has 1 aromatic rings. The number of aromatic amines is 1. The zero-order chi connectivity index (χ0) is 11.6. The van der Waals surface area contributed by atoms with Gasteiger partial charge < -0.3 is 9.72 Å². The zero-order valence-electron chi connectivity index (χ0n) is 9.06. The second kappa shape index (κ2) is 4.52. The molecule has 0 amide bonds. The minimum atomic E-state index is -3.48. The molecule has 0 spiro atoms. The standard InChI is InChI=1S/C9H15N3O3S/c1-2-8-10-5-9(11-8)16(13,14)12-7-3-4-15-6-7/h5,7,12H,2-4,6H2,1H3,(H,10,11). The number of aryl methyl sites for hydroxylation is 1. The number of hydrogen-bond donors (Lipinski definition) is 2. The number of nitrogens with zero attached hydrogens (tertiary/aromatic N) is 1. The van der Waals surface area contributed by atoms with E-state index in [-0.39, 0.29) is 11.1 Å². The normalized spacial score (nSPS) is 21.4. The SMILES string of the molecule is CCc1ncc(S(=O)(=O)NC2CCOC2)[nH]1. The predicted octanol–water partition coefficient (Wildman–Crippen LogP) is 0.0393. The fourth-order valence-electron chi connectivity index (χ4n) is 1.57. The van der Waals surface area contributed by atoms with E-state index in [9.17, 15) is 8.42 Å². The molecular formula is C9H15N3O3S. The van der Waals surface area contributed by atoms with Gasteiger partial charge in [0.05, 0.1) is 12.8 Å². The van der Waals surface area contributed by atoms with E-state index in [1.807, 2.05) is 6.92 Å². The molecule has 2 rings (SSSR count). The molecule has 1 saturated heterocycles. The zero-order valence-corrected chi connectivity index (χ0v) is 9.88. The number of ether oxygens (including phenoxy) is 1. The molecule has 7 heteroatoms. The fourth-order valence-corrected chi connectivity index (χ4v) is 2.77. The summed E-state index contributed by atoms with van der Waals surface area (Å²) in [7, 11) is -3.48. The van der Waals surface area contributed by atoms with Gasteiger partial charge in [-0.15, -0.1) is 0 Å². The molecule has 0 bridgehead atoms. The number of hydrogen-bond acceptors (Lipinski definition) is 4. The molecular weight excluding hydrogens is 230 g/mol. The van der Waals surface area contributed by atoms with Gasteiger partial charge >= 0.3 is 0 Å². The van der Waals surface area contributed by atoms with E-state index in [2.05, 4.69) is 14.7 Å². The molecule has 0 radical (unpaired) electrons. The van der Waals surface area contributed by atoms with Crippen LogP contribution in [0, 0.1) is 0 Å². The molecule has 0 aromatic carbocycles. The number of sulfonamides is 1. The Bertz CT molecular complexity index is 448. The molecule has 6 nitrogen and oxygen atoms in total. The first-order valence-electron chi connectivity index (χ1n) is 5.26. The first kappa shape index (κ1) is 11.6. The van der Waals surface area contributed by atoms with Crippen LogP contribution in [0.25, 0.3) is 0 Å². The lowest BCUT2D eigenvalue weighted by atomic mass is 10.3. The van der Waals surface area contributed by atoms with Gasteiger partial charge in [-0.25, -0.2) is 18.1 Å². The number of aromatic nitrogens is 2. The van der Waals surface area contributed by atoms with E-state index in [0.717, 1.165) is 0 Å². The van der Waals surface area contributed by atoms with Gasteiger partial charge in [0.25, 0.3) is 10.0 Å². The molecule has 1 aromatic heterocycles. The third-order valence-electron chi connectivity index (χ3n) is 2.48. The van der Waals surface area contributed by atoms with Gasteiger partial charge in [-0.1, -0.05) is 6.92 Å². The molecule has 1 fully saturated rings. The first-order valence-corrected chi connectivity index (χ1v) is 6.74. The van der Waals surface area contributed by atoms with Crippen molar-refractivity contribution in [2.75, 3.05) is 13.2 Å². The van der Waals surface area contributed by atoms with Gasteiger partial charge in [0, 0.05) is 19.1 Å². The summed E-state index contributed by atoms with van der Waals surface area (Å²) in [5.74, 6) is 0.669.